The van der Waals surface area contributed by atoms with Crippen molar-refractivity contribution in [3.05, 3.63) is 22.4 Å². The summed E-state index contributed by atoms with van der Waals surface area (Å²) < 4.78 is 12.2. The second kappa shape index (κ2) is 7.62. The van der Waals surface area contributed by atoms with Crippen LogP contribution in [0.5, 0.6) is 0 Å². The molecule has 0 aliphatic carbocycles. The van der Waals surface area contributed by atoms with Gasteiger partial charge in [0.15, 0.2) is 0 Å². The van der Waals surface area contributed by atoms with Crippen molar-refractivity contribution in [2.75, 3.05) is 46.5 Å². The topological polar surface area (TPSA) is 24.9 Å². The molecule has 1 aromatic rings. The van der Waals surface area contributed by atoms with E-state index in [9.17, 15) is 0 Å². The van der Waals surface area contributed by atoms with E-state index >= 15 is 0 Å². The summed E-state index contributed by atoms with van der Waals surface area (Å²) in [6, 6.07) is 4.94. The van der Waals surface area contributed by atoms with Crippen molar-refractivity contribution < 1.29 is 9.47 Å². The summed E-state index contributed by atoms with van der Waals surface area (Å²) in [5.41, 5.74) is -0.101. The van der Waals surface area contributed by atoms with Crippen molar-refractivity contribution >= 4 is 11.3 Å². The van der Waals surface area contributed by atoms with Gasteiger partial charge in [0.05, 0.1) is 19.8 Å². The molecule has 0 N–H and O–H groups in total. The smallest absolute Gasteiger partial charge is 0.104 e. The zero-order valence-corrected chi connectivity index (χ0v) is 15.5. The van der Waals surface area contributed by atoms with Gasteiger partial charge in [0.25, 0.3) is 0 Å². The Balaban J connectivity index is 1.59. The molecule has 23 heavy (non-hydrogen) atoms. The molecule has 0 radical (unpaired) electrons. The van der Waals surface area contributed by atoms with E-state index < -0.39 is 0 Å². The van der Waals surface area contributed by atoms with Gasteiger partial charge in [-0.1, -0.05) is 6.07 Å². The Bertz CT molecular complexity index is 479. The third kappa shape index (κ3) is 4.54. The maximum absolute atomic E-state index is 6.31. The normalized spacial score (nSPS) is 29.7. The highest BCUT2D eigenvalue weighted by Gasteiger charge is 2.43. The number of ether oxygens (including phenoxy) is 2. The molecule has 5 heteroatoms. The average Bonchev–Trinajstić information content (AvgIpc) is 3.09. The van der Waals surface area contributed by atoms with Crippen molar-refractivity contribution in [1.82, 2.24) is 9.80 Å². The van der Waals surface area contributed by atoms with E-state index in [0.717, 1.165) is 52.4 Å². The lowest BCUT2D eigenvalue weighted by Gasteiger charge is -2.31. The first-order valence-electron chi connectivity index (χ1n) is 8.73. The second-order valence-electron chi connectivity index (χ2n) is 7.44. The average molecular weight is 339 g/mol. The lowest BCUT2D eigenvalue weighted by atomic mass is 9.93. The number of nitrogens with zero attached hydrogens (tertiary/aromatic N) is 2. The van der Waals surface area contributed by atoms with Crippen LogP contribution in [-0.2, 0) is 16.0 Å². The van der Waals surface area contributed by atoms with Crippen LogP contribution in [-0.4, -0.2) is 67.9 Å². The van der Waals surface area contributed by atoms with Crippen LogP contribution in [0, 0.1) is 5.92 Å². The fourth-order valence-electron chi connectivity index (χ4n) is 3.63. The maximum atomic E-state index is 6.31. The third-order valence-corrected chi connectivity index (χ3v) is 5.96. The zero-order chi connectivity index (χ0) is 16.3. The van der Waals surface area contributed by atoms with Crippen molar-refractivity contribution in [2.45, 2.75) is 38.5 Å². The van der Waals surface area contributed by atoms with Crippen molar-refractivity contribution in [2.24, 2.45) is 5.92 Å². The zero-order valence-electron chi connectivity index (χ0n) is 14.7. The van der Waals surface area contributed by atoms with Gasteiger partial charge >= 0.3 is 0 Å². The first-order valence-corrected chi connectivity index (χ1v) is 9.61. The monoisotopic (exact) mass is 338 g/mol. The molecule has 1 aromatic heterocycles. The molecule has 2 fully saturated rings. The standard InChI is InChI=1S/C18H30N2O2S/c1-15(2)19(3)10-16-9-18(22-12-16)13-20(6-7-21-14-18)11-17-5-4-8-23-17/h4-5,8,15-16H,6-7,9-14H2,1-3H3. The van der Waals surface area contributed by atoms with Gasteiger partial charge < -0.3 is 14.4 Å². The summed E-state index contributed by atoms with van der Waals surface area (Å²) in [6.45, 7) is 11.1. The van der Waals surface area contributed by atoms with Crippen LogP contribution in [0.15, 0.2) is 17.5 Å². The van der Waals surface area contributed by atoms with E-state index in [2.05, 4.69) is 48.2 Å². The Morgan fingerprint density at radius 1 is 1.48 bits per heavy atom. The van der Waals surface area contributed by atoms with E-state index in [1.807, 2.05) is 11.3 Å². The molecule has 0 aromatic carbocycles. The largest absolute Gasteiger partial charge is 0.377 e. The first-order chi connectivity index (χ1) is 11.1. The summed E-state index contributed by atoms with van der Waals surface area (Å²) in [5, 5.41) is 2.16. The summed E-state index contributed by atoms with van der Waals surface area (Å²) in [7, 11) is 2.21. The number of hydrogen-bond acceptors (Lipinski definition) is 5. The van der Waals surface area contributed by atoms with Gasteiger partial charge in [0.1, 0.15) is 5.60 Å². The molecular formula is C18H30N2O2S. The van der Waals surface area contributed by atoms with Crippen LogP contribution in [0.3, 0.4) is 0 Å². The number of hydrogen-bond donors (Lipinski definition) is 0. The molecule has 4 nitrogen and oxygen atoms in total. The third-order valence-electron chi connectivity index (χ3n) is 5.10. The van der Waals surface area contributed by atoms with E-state index in [0.29, 0.717) is 12.0 Å². The van der Waals surface area contributed by atoms with E-state index in [-0.39, 0.29) is 5.60 Å². The molecule has 1 spiro atoms. The van der Waals surface area contributed by atoms with Crippen LogP contribution < -0.4 is 0 Å². The predicted octanol–water partition coefficient (Wildman–Crippen LogP) is 2.70. The van der Waals surface area contributed by atoms with Gasteiger partial charge in [0, 0.05) is 37.1 Å². The highest BCUT2D eigenvalue weighted by molar-refractivity contribution is 7.09. The summed E-state index contributed by atoms with van der Waals surface area (Å²) >= 11 is 1.84. The lowest BCUT2D eigenvalue weighted by molar-refractivity contribution is -0.0562. The summed E-state index contributed by atoms with van der Waals surface area (Å²) in [5.74, 6) is 0.618. The molecule has 2 aliphatic heterocycles. The quantitative estimate of drug-likeness (QED) is 0.824. The molecule has 3 heterocycles. The molecule has 0 bridgehead atoms. The Labute approximate surface area is 144 Å². The molecule has 2 unspecified atom stereocenters. The molecule has 130 valence electrons. The Kier molecular flexibility index (Phi) is 5.75. The Morgan fingerprint density at radius 2 is 2.35 bits per heavy atom. The first kappa shape index (κ1) is 17.4. The van der Waals surface area contributed by atoms with Crippen LogP contribution in [0.4, 0.5) is 0 Å². The molecule has 2 aliphatic rings. The van der Waals surface area contributed by atoms with Gasteiger partial charge in [-0.05, 0) is 44.7 Å². The second-order valence-corrected chi connectivity index (χ2v) is 8.47. The van der Waals surface area contributed by atoms with E-state index in [4.69, 9.17) is 9.47 Å². The minimum absolute atomic E-state index is 0.101. The molecule has 0 saturated carbocycles. The van der Waals surface area contributed by atoms with Crippen LogP contribution in [0.2, 0.25) is 0 Å². The van der Waals surface area contributed by atoms with E-state index in [1.165, 1.54) is 4.88 Å². The van der Waals surface area contributed by atoms with Crippen molar-refractivity contribution in [3.8, 4) is 0 Å². The molecular weight excluding hydrogens is 308 g/mol. The molecule has 3 rings (SSSR count). The van der Waals surface area contributed by atoms with Gasteiger partial charge in [0.2, 0.25) is 0 Å². The molecule has 0 amide bonds. The Hall–Kier alpha value is -0.460. The van der Waals surface area contributed by atoms with Crippen molar-refractivity contribution in [3.63, 3.8) is 0 Å². The van der Waals surface area contributed by atoms with Crippen LogP contribution >= 0.6 is 11.3 Å². The van der Waals surface area contributed by atoms with Crippen molar-refractivity contribution in [1.29, 1.82) is 0 Å². The molecule has 2 atom stereocenters. The minimum Gasteiger partial charge on any atom is -0.377 e. The number of thiophene rings is 1. The lowest BCUT2D eigenvalue weighted by Crippen LogP contribution is -2.44. The Morgan fingerprint density at radius 3 is 3.09 bits per heavy atom. The minimum atomic E-state index is -0.101. The summed E-state index contributed by atoms with van der Waals surface area (Å²) in [4.78, 5) is 6.36. The van der Waals surface area contributed by atoms with E-state index in [1.54, 1.807) is 0 Å². The maximum Gasteiger partial charge on any atom is 0.104 e. The van der Waals surface area contributed by atoms with Gasteiger partial charge in [-0.25, -0.2) is 0 Å². The fourth-order valence-corrected chi connectivity index (χ4v) is 4.37. The number of rotatable bonds is 5. The van der Waals surface area contributed by atoms with Crippen LogP contribution in [0.25, 0.3) is 0 Å². The molecule has 2 saturated heterocycles. The van der Waals surface area contributed by atoms with Crippen LogP contribution in [0.1, 0.15) is 25.1 Å². The SMILES string of the molecule is CC(C)N(C)CC1COC2(COCCN(Cc3cccs3)C2)C1. The summed E-state index contributed by atoms with van der Waals surface area (Å²) in [6.07, 6.45) is 1.12. The highest BCUT2D eigenvalue weighted by atomic mass is 32.1. The fraction of sp³-hybridized carbons (Fsp3) is 0.778. The van der Waals surface area contributed by atoms with Gasteiger partial charge in [-0.3, -0.25) is 4.90 Å². The van der Waals surface area contributed by atoms with Gasteiger partial charge in [-0.15, -0.1) is 11.3 Å². The van der Waals surface area contributed by atoms with Gasteiger partial charge in [-0.2, -0.15) is 0 Å². The highest BCUT2D eigenvalue weighted by Crippen LogP contribution is 2.33. The predicted molar refractivity (Wildman–Crippen MR) is 95.0 cm³/mol.